The summed E-state index contributed by atoms with van der Waals surface area (Å²) in [5.41, 5.74) is 0.770. The Balaban J connectivity index is 2.73. The molecule has 0 atom stereocenters. The molecule has 0 radical (unpaired) electrons. The standard InChI is InChI=1S/C16H21ClN2O2/c1-16(2,3)21-15(20)18-13-9-8-12(14(17)11-13)7-6-10-19(4)5/h8-9,11H,10H2,1-5H3,(H,18,20). The van der Waals surface area contributed by atoms with Crippen molar-refractivity contribution < 1.29 is 9.53 Å². The number of nitrogens with one attached hydrogen (secondary N) is 1. The summed E-state index contributed by atoms with van der Waals surface area (Å²) in [5.74, 6) is 6.01. The number of anilines is 1. The summed E-state index contributed by atoms with van der Waals surface area (Å²) in [6, 6.07) is 5.18. The second kappa shape index (κ2) is 7.35. The van der Waals surface area contributed by atoms with Crippen molar-refractivity contribution in [2.24, 2.45) is 0 Å². The van der Waals surface area contributed by atoms with Gasteiger partial charge in [0, 0.05) is 11.3 Å². The predicted octanol–water partition coefficient (Wildman–Crippen LogP) is 3.60. The summed E-state index contributed by atoms with van der Waals surface area (Å²) in [7, 11) is 3.90. The molecule has 114 valence electrons. The van der Waals surface area contributed by atoms with Crippen molar-refractivity contribution in [3.63, 3.8) is 0 Å². The molecule has 21 heavy (non-hydrogen) atoms. The van der Waals surface area contributed by atoms with E-state index in [-0.39, 0.29) is 0 Å². The largest absolute Gasteiger partial charge is 0.444 e. The molecule has 1 amide bonds. The van der Waals surface area contributed by atoms with Gasteiger partial charge in [-0.1, -0.05) is 23.4 Å². The summed E-state index contributed by atoms with van der Waals surface area (Å²) in [4.78, 5) is 13.6. The molecule has 1 rings (SSSR count). The van der Waals surface area contributed by atoms with Gasteiger partial charge >= 0.3 is 6.09 Å². The normalized spacial score (nSPS) is 10.8. The molecule has 0 saturated heterocycles. The van der Waals surface area contributed by atoms with Crippen molar-refractivity contribution in [1.29, 1.82) is 0 Å². The average Bonchev–Trinajstić information content (AvgIpc) is 2.28. The molecule has 0 saturated carbocycles. The van der Waals surface area contributed by atoms with Crippen LogP contribution in [0.4, 0.5) is 10.5 Å². The lowest BCUT2D eigenvalue weighted by molar-refractivity contribution is 0.0636. The first-order valence-electron chi connectivity index (χ1n) is 6.60. The summed E-state index contributed by atoms with van der Waals surface area (Å²) in [6.07, 6.45) is -0.509. The van der Waals surface area contributed by atoms with Crippen molar-refractivity contribution in [2.45, 2.75) is 26.4 Å². The summed E-state index contributed by atoms with van der Waals surface area (Å²) >= 11 is 6.15. The number of rotatable bonds is 2. The highest BCUT2D eigenvalue weighted by Crippen LogP contribution is 2.21. The number of benzene rings is 1. The molecule has 5 heteroatoms. The molecule has 1 N–H and O–H groups in total. The molecule has 0 aliphatic heterocycles. The lowest BCUT2D eigenvalue weighted by Crippen LogP contribution is -2.27. The van der Waals surface area contributed by atoms with Crippen LogP contribution in [0.1, 0.15) is 26.3 Å². The van der Waals surface area contributed by atoms with E-state index in [9.17, 15) is 4.79 Å². The van der Waals surface area contributed by atoms with Gasteiger partial charge in [0.05, 0.1) is 11.6 Å². The smallest absolute Gasteiger partial charge is 0.412 e. The van der Waals surface area contributed by atoms with Crippen LogP contribution >= 0.6 is 11.6 Å². The third-order valence-electron chi connectivity index (χ3n) is 2.23. The van der Waals surface area contributed by atoms with Crippen molar-refractivity contribution in [3.05, 3.63) is 28.8 Å². The monoisotopic (exact) mass is 308 g/mol. The molecule has 0 spiro atoms. The SMILES string of the molecule is CN(C)CC#Cc1ccc(NC(=O)OC(C)(C)C)cc1Cl. The highest BCUT2D eigenvalue weighted by molar-refractivity contribution is 6.32. The van der Waals surface area contributed by atoms with Gasteiger partial charge in [0.25, 0.3) is 0 Å². The highest BCUT2D eigenvalue weighted by Gasteiger charge is 2.16. The first kappa shape index (κ1) is 17.4. The Kier molecular flexibility index (Phi) is 6.07. The Morgan fingerprint density at radius 2 is 2.05 bits per heavy atom. The number of hydrogen-bond donors (Lipinski definition) is 1. The molecule has 0 aromatic heterocycles. The van der Waals surface area contributed by atoms with Gasteiger partial charge in [-0.3, -0.25) is 10.2 Å². The summed E-state index contributed by atoms with van der Waals surface area (Å²) in [6.45, 7) is 6.09. The minimum absolute atomic E-state index is 0.495. The Hall–Kier alpha value is -1.70. The third kappa shape index (κ3) is 7.03. The Morgan fingerprint density at radius 1 is 1.38 bits per heavy atom. The van der Waals surface area contributed by atoms with Crippen LogP contribution < -0.4 is 5.32 Å². The average molecular weight is 309 g/mol. The topological polar surface area (TPSA) is 41.6 Å². The molecule has 4 nitrogen and oxygen atoms in total. The fraction of sp³-hybridized carbons (Fsp3) is 0.438. The number of nitrogens with zero attached hydrogens (tertiary/aromatic N) is 1. The first-order valence-corrected chi connectivity index (χ1v) is 6.98. The molecule has 0 bridgehead atoms. The van der Waals surface area contributed by atoms with Crippen LogP contribution in [0.15, 0.2) is 18.2 Å². The van der Waals surface area contributed by atoms with Crippen LogP contribution in [0.5, 0.6) is 0 Å². The number of carbonyl (C=O) groups is 1. The molecule has 0 aliphatic rings. The first-order chi connectivity index (χ1) is 9.67. The molecule has 0 aliphatic carbocycles. The zero-order chi connectivity index (χ0) is 16.0. The van der Waals surface area contributed by atoms with E-state index in [1.165, 1.54) is 0 Å². The van der Waals surface area contributed by atoms with Crippen molar-refractivity contribution in [1.82, 2.24) is 4.90 Å². The van der Waals surface area contributed by atoms with Gasteiger partial charge in [-0.15, -0.1) is 0 Å². The molecule has 1 aromatic rings. The maximum Gasteiger partial charge on any atom is 0.412 e. The zero-order valence-electron chi connectivity index (χ0n) is 13.1. The third-order valence-corrected chi connectivity index (χ3v) is 2.55. The zero-order valence-corrected chi connectivity index (χ0v) is 13.8. The quantitative estimate of drug-likeness (QED) is 0.849. The molecule has 0 unspecified atom stereocenters. The maximum atomic E-state index is 11.7. The fourth-order valence-electron chi connectivity index (χ4n) is 1.41. The van der Waals surface area contributed by atoms with E-state index in [0.29, 0.717) is 17.3 Å². The van der Waals surface area contributed by atoms with Crippen LogP contribution in [0.25, 0.3) is 0 Å². The maximum absolute atomic E-state index is 11.7. The Morgan fingerprint density at radius 3 is 2.57 bits per heavy atom. The van der Waals surface area contributed by atoms with Crippen molar-refractivity contribution >= 4 is 23.4 Å². The van der Waals surface area contributed by atoms with Crippen molar-refractivity contribution in [2.75, 3.05) is 26.0 Å². The van der Waals surface area contributed by atoms with Crippen LogP contribution in [0.2, 0.25) is 5.02 Å². The summed E-state index contributed by atoms with van der Waals surface area (Å²) in [5, 5.41) is 3.13. The minimum Gasteiger partial charge on any atom is -0.444 e. The van der Waals surface area contributed by atoms with Gasteiger partial charge in [0.2, 0.25) is 0 Å². The summed E-state index contributed by atoms with van der Waals surface area (Å²) < 4.78 is 5.18. The van der Waals surface area contributed by atoms with E-state index in [4.69, 9.17) is 16.3 Å². The second-order valence-corrected chi connectivity index (χ2v) is 6.27. The number of amides is 1. The van der Waals surface area contributed by atoms with Gasteiger partial charge in [-0.2, -0.15) is 0 Å². The number of hydrogen-bond acceptors (Lipinski definition) is 3. The van der Waals surface area contributed by atoms with Gasteiger partial charge in [0.1, 0.15) is 5.60 Å². The molecule has 1 aromatic carbocycles. The number of ether oxygens (including phenoxy) is 1. The fourth-order valence-corrected chi connectivity index (χ4v) is 1.64. The lowest BCUT2D eigenvalue weighted by Gasteiger charge is -2.19. The van der Waals surface area contributed by atoms with Gasteiger partial charge < -0.3 is 4.74 Å². The van der Waals surface area contributed by atoms with E-state index in [2.05, 4.69) is 17.2 Å². The molecular formula is C16H21ClN2O2. The number of halogens is 1. The molecule has 0 fully saturated rings. The van der Waals surface area contributed by atoms with E-state index in [1.807, 2.05) is 39.8 Å². The molecular weight excluding hydrogens is 288 g/mol. The van der Waals surface area contributed by atoms with E-state index in [0.717, 1.165) is 5.56 Å². The Labute approximate surface area is 131 Å². The van der Waals surface area contributed by atoms with E-state index in [1.54, 1.807) is 18.2 Å². The van der Waals surface area contributed by atoms with Crippen LogP contribution in [0, 0.1) is 11.8 Å². The van der Waals surface area contributed by atoms with E-state index < -0.39 is 11.7 Å². The second-order valence-electron chi connectivity index (χ2n) is 5.86. The lowest BCUT2D eigenvalue weighted by atomic mass is 10.2. The van der Waals surface area contributed by atoms with Crippen LogP contribution in [-0.2, 0) is 4.74 Å². The highest BCUT2D eigenvalue weighted by atomic mass is 35.5. The van der Waals surface area contributed by atoms with Crippen LogP contribution in [-0.4, -0.2) is 37.2 Å². The molecule has 0 heterocycles. The number of carbonyl (C=O) groups excluding carboxylic acids is 1. The van der Waals surface area contributed by atoms with E-state index >= 15 is 0 Å². The minimum atomic E-state index is -0.536. The van der Waals surface area contributed by atoms with Gasteiger partial charge in [-0.25, -0.2) is 4.79 Å². The van der Waals surface area contributed by atoms with Crippen LogP contribution in [0.3, 0.4) is 0 Å². The predicted molar refractivity (Wildman–Crippen MR) is 86.7 cm³/mol. The van der Waals surface area contributed by atoms with Gasteiger partial charge in [-0.05, 0) is 53.1 Å². The Bertz CT molecular complexity index is 566. The van der Waals surface area contributed by atoms with Crippen molar-refractivity contribution in [3.8, 4) is 11.8 Å². The van der Waals surface area contributed by atoms with Gasteiger partial charge in [0.15, 0.2) is 0 Å².